The van der Waals surface area contributed by atoms with Crippen molar-refractivity contribution in [2.24, 2.45) is 0 Å². The van der Waals surface area contributed by atoms with Crippen molar-refractivity contribution < 1.29 is 4.74 Å². The Bertz CT molecular complexity index is 810. The Labute approximate surface area is 122 Å². The van der Waals surface area contributed by atoms with Crippen molar-refractivity contribution in [2.75, 3.05) is 7.11 Å². The van der Waals surface area contributed by atoms with Gasteiger partial charge >= 0.3 is 0 Å². The molecule has 0 unspecified atom stereocenters. The van der Waals surface area contributed by atoms with Gasteiger partial charge in [-0.3, -0.25) is 4.79 Å². The highest BCUT2D eigenvalue weighted by atomic mass is 16.5. The molecule has 3 rings (SSSR count). The number of rotatable bonds is 3. The van der Waals surface area contributed by atoms with Crippen LogP contribution < -0.4 is 10.3 Å². The normalized spacial score (nSPS) is 10.3. The molecular weight excluding hydrogens is 264 g/mol. The summed E-state index contributed by atoms with van der Waals surface area (Å²) >= 11 is 0. The van der Waals surface area contributed by atoms with Gasteiger partial charge in [0.1, 0.15) is 5.75 Å². The van der Waals surface area contributed by atoms with Crippen molar-refractivity contribution in [2.45, 2.75) is 0 Å². The predicted octanol–water partition coefficient (Wildman–Crippen LogP) is 3.11. The fraction of sp³-hybridized carbons (Fsp3) is 0.0588. The molecule has 104 valence electrons. The van der Waals surface area contributed by atoms with Crippen LogP contribution in [-0.4, -0.2) is 17.3 Å². The smallest absolute Gasteiger partial charge is 0.264 e. The maximum Gasteiger partial charge on any atom is 0.264 e. The summed E-state index contributed by atoms with van der Waals surface area (Å²) in [6.07, 6.45) is 0. The molecule has 3 aromatic rings. The minimum Gasteiger partial charge on any atom is -0.497 e. The highest BCUT2D eigenvalue weighted by Gasteiger charge is 2.10. The van der Waals surface area contributed by atoms with Crippen molar-refractivity contribution >= 4 is 0 Å². The Morgan fingerprint density at radius 2 is 1.71 bits per heavy atom. The SMILES string of the molecule is COc1cccc(-c2cc(=O)[nH]nc2-c2ccccc2)c1. The summed E-state index contributed by atoms with van der Waals surface area (Å²) < 4.78 is 5.25. The zero-order valence-corrected chi connectivity index (χ0v) is 11.5. The number of hydrogen-bond acceptors (Lipinski definition) is 3. The van der Waals surface area contributed by atoms with Crippen LogP contribution in [0, 0.1) is 0 Å². The third kappa shape index (κ3) is 2.69. The minimum absolute atomic E-state index is 0.229. The van der Waals surface area contributed by atoms with Crippen molar-refractivity contribution in [3.8, 4) is 28.1 Å². The van der Waals surface area contributed by atoms with E-state index in [0.29, 0.717) is 0 Å². The molecule has 0 saturated carbocycles. The average Bonchev–Trinajstić information content (AvgIpc) is 2.55. The highest BCUT2D eigenvalue weighted by molar-refractivity contribution is 5.80. The van der Waals surface area contributed by atoms with Crippen LogP contribution in [-0.2, 0) is 0 Å². The van der Waals surface area contributed by atoms with Crippen LogP contribution in [0.15, 0.2) is 65.5 Å². The van der Waals surface area contributed by atoms with E-state index in [2.05, 4.69) is 10.2 Å². The van der Waals surface area contributed by atoms with Crippen LogP contribution in [0.1, 0.15) is 0 Å². The van der Waals surface area contributed by atoms with E-state index in [1.807, 2.05) is 54.6 Å². The number of ether oxygens (including phenoxy) is 1. The molecule has 0 spiro atoms. The average molecular weight is 278 g/mol. The molecule has 1 heterocycles. The molecular formula is C17H14N2O2. The van der Waals surface area contributed by atoms with E-state index in [-0.39, 0.29) is 5.56 Å². The first kappa shape index (κ1) is 13.1. The molecule has 0 radical (unpaired) electrons. The molecule has 0 bridgehead atoms. The maximum atomic E-state index is 11.7. The fourth-order valence-electron chi connectivity index (χ4n) is 2.23. The van der Waals surface area contributed by atoms with Gasteiger partial charge in [0, 0.05) is 17.2 Å². The molecule has 4 heteroatoms. The van der Waals surface area contributed by atoms with Crippen LogP contribution in [0.25, 0.3) is 22.4 Å². The van der Waals surface area contributed by atoms with E-state index < -0.39 is 0 Å². The zero-order valence-electron chi connectivity index (χ0n) is 11.5. The third-order valence-corrected chi connectivity index (χ3v) is 3.24. The van der Waals surface area contributed by atoms with Crippen LogP contribution in [0.5, 0.6) is 5.75 Å². The quantitative estimate of drug-likeness (QED) is 0.801. The number of aromatic amines is 1. The standard InChI is InChI=1S/C17H14N2O2/c1-21-14-9-5-8-13(10-14)15-11-16(20)18-19-17(15)12-6-3-2-4-7-12/h2-11H,1H3,(H,18,20). The number of aromatic nitrogens is 2. The molecule has 0 amide bonds. The number of H-pyrrole nitrogens is 1. The van der Waals surface area contributed by atoms with Crippen LogP contribution in [0.2, 0.25) is 0 Å². The molecule has 2 aromatic carbocycles. The van der Waals surface area contributed by atoms with Crippen molar-refractivity contribution in [3.05, 3.63) is 71.0 Å². The van der Waals surface area contributed by atoms with Crippen LogP contribution in [0.4, 0.5) is 0 Å². The van der Waals surface area contributed by atoms with E-state index in [4.69, 9.17) is 4.74 Å². The van der Waals surface area contributed by atoms with Gasteiger partial charge in [0.15, 0.2) is 0 Å². The molecule has 0 saturated heterocycles. The summed E-state index contributed by atoms with van der Waals surface area (Å²) in [4.78, 5) is 11.7. The minimum atomic E-state index is -0.229. The molecule has 0 aliphatic carbocycles. The fourth-order valence-corrected chi connectivity index (χ4v) is 2.23. The third-order valence-electron chi connectivity index (χ3n) is 3.24. The molecule has 4 nitrogen and oxygen atoms in total. The topological polar surface area (TPSA) is 55.0 Å². The second-order valence-electron chi connectivity index (χ2n) is 4.59. The lowest BCUT2D eigenvalue weighted by atomic mass is 10.00. The Balaban J connectivity index is 2.21. The first-order valence-corrected chi connectivity index (χ1v) is 6.57. The molecule has 1 aromatic heterocycles. The van der Waals surface area contributed by atoms with E-state index in [1.165, 1.54) is 0 Å². The molecule has 0 aliphatic heterocycles. The van der Waals surface area contributed by atoms with Gasteiger partial charge in [-0.25, -0.2) is 5.10 Å². The lowest BCUT2D eigenvalue weighted by molar-refractivity contribution is 0.415. The Morgan fingerprint density at radius 3 is 2.48 bits per heavy atom. The second-order valence-corrected chi connectivity index (χ2v) is 4.59. The second kappa shape index (κ2) is 5.63. The monoisotopic (exact) mass is 278 g/mol. The molecule has 0 aliphatic rings. The Hall–Kier alpha value is -2.88. The summed E-state index contributed by atoms with van der Waals surface area (Å²) in [5, 5.41) is 6.70. The van der Waals surface area contributed by atoms with Crippen LogP contribution in [0.3, 0.4) is 0 Å². The Morgan fingerprint density at radius 1 is 0.952 bits per heavy atom. The van der Waals surface area contributed by atoms with E-state index in [0.717, 1.165) is 28.1 Å². The predicted molar refractivity (Wildman–Crippen MR) is 82.3 cm³/mol. The zero-order chi connectivity index (χ0) is 14.7. The summed E-state index contributed by atoms with van der Waals surface area (Å²) in [6, 6.07) is 18.9. The van der Waals surface area contributed by atoms with E-state index in [9.17, 15) is 4.79 Å². The maximum absolute atomic E-state index is 11.7. The van der Waals surface area contributed by atoms with Gasteiger partial charge < -0.3 is 4.74 Å². The number of nitrogens with zero attached hydrogens (tertiary/aromatic N) is 1. The summed E-state index contributed by atoms with van der Waals surface area (Å²) in [5.74, 6) is 0.742. The molecule has 0 fully saturated rings. The number of nitrogens with one attached hydrogen (secondary N) is 1. The molecule has 21 heavy (non-hydrogen) atoms. The van der Waals surface area contributed by atoms with Crippen LogP contribution >= 0.6 is 0 Å². The van der Waals surface area contributed by atoms with Gasteiger partial charge in [-0.2, -0.15) is 5.10 Å². The first-order valence-electron chi connectivity index (χ1n) is 6.57. The first-order chi connectivity index (χ1) is 10.3. The summed E-state index contributed by atoms with van der Waals surface area (Å²) in [6.45, 7) is 0. The number of hydrogen-bond donors (Lipinski definition) is 1. The van der Waals surface area contributed by atoms with Gasteiger partial charge in [0.05, 0.1) is 12.8 Å². The van der Waals surface area contributed by atoms with Gasteiger partial charge in [0.25, 0.3) is 5.56 Å². The number of methoxy groups -OCH3 is 1. The van der Waals surface area contributed by atoms with Gasteiger partial charge in [0.2, 0.25) is 0 Å². The van der Waals surface area contributed by atoms with Crippen molar-refractivity contribution in [3.63, 3.8) is 0 Å². The Kier molecular flexibility index (Phi) is 3.51. The van der Waals surface area contributed by atoms with Gasteiger partial charge in [-0.15, -0.1) is 0 Å². The van der Waals surface area contributed by atoms with Crippen molar-refractivity contribution in [1.82, 2.24) is 10.2 Å². The van der Waals surface area contributed by atoms with Gasteiger partial charge in [-0.1, -0.05) is 42.5 Å². The molecule has 1 N–H and O–H groups in total. The highest BCUT2D eigenvalue weighted by Crippen LogP contribution is 2.30. The lowest BCUT2D eigenvalue weighted by Crippen LogP contribution is -2.08. The largest absolute Gasteiger partial charge is 0.497 e. The van der Waals surface area contributed by atoms with E-state index >= 15 is 0 Å². The number of benzene rings is 2. The summed E-state index contributed by atoms with van der Waals surface area (Å²) in [7, 11) is 1.62. The van der Waals surface area contributed by atoms with Gasteiger partial charge in [-0.05, 0) is 17.7 Å². The van der Waals surface area contributed by atoms with E-state index in [1.54, 1.807) is 13.2 Å². The molecule has 0 atom stereocenters. The van der Waals surface area contributed by atoms with Crippen molar-refractivity contribution in [1.29, 1.82) is 0 Å². The lowest BCUT2D eigenvalue weighted by Gasteiger charge is -2.09. The summed E-state index contributed by atoms with van der Waals surface area (Å²) in [5.41, 5.74) is 3.14.